The molecule has 0 spiro atoms. The van der Waals surface area contributed by atoms with E-state index in [9.17, 15) is 28.1 Å². The van der Waals surface area contributed by atoms with E-state index in [0.717, 1.165) is 6.92 Å². The predicted molar refractivity (Wildman–Crippen MR) is 80.9 cm³/mol. The number of halogens is 3. The zero-order chi connectivity index (χ0) is 19.5. The average Bonchev–Trinajstić information content (AvgIpc) is 2.51. The Balaban J connectivity index is 2.21. The van der Waals surface area contributed by atoms with E-state index in [2.05, 4.69) is 9.62 Å². The Labute approximate surface area is 145 Å². The van der Waals surface area contributed by atoms with Gasteiger partial charge in [0.25, 0.3) is 5.76 Å². The highest BCUT2D eigenvalue weighted by molar-refractivity contribution is 5.88. The van der Waals surface area contributed by atoms with Gasteiger partial charge >= 0.3 is 18.0 Å². The van der Waals surface area contributed by atoms with Crippen LogP contribution < -0.4 is 0 Å². The van der Waals surface area contributed by atoms with E-state index in [1.807, 2.05) is 0 Å². The highest BCUT2D eigenvalue weighted by Crippen LogP contribution is 2.38. The molecule has 0 saturated carbocycles. The van der Waals surface area contributed by atoms with Gasteiger partial charge in [0.1, 0.15) is 5.60 Å². The van der Waals surface area contributed by atoms with Crippen molar-refractivity contribution >= 4 is 5.97 Å². The zero-order valence-corrected chi connectivity index (χ0v) is 13.7. The highest BCUT2D eigenvalue weighted by Gasteiger charge is 2.45. The molecule has 0 fully saturated rings. The Morgan fingerprint density at radius 1 is 1.27 bits per heavy atom. The first-order valence-corrected chi connectivity index (χ1v) is 7.29. The fourth-order valence-electron chi connectivity index (χ4n) is 2.51. The SMILES string of the molecule is CC1=C(OOC(=O)c2ccccc2)C([N+](=O)[O-])=CC(C)(OC(F)(F)F)C1. The molecule has 0 heterocycles. The molecule has 0 N–H and O–H groups in total. The normalized spacial score (nSPS) is 20.4. The van der Waals surface area contributed by atoms with Crippen molar-refractivity contribution in [2.24, 2.45) is 0 Å². The van der Waals surface area contributed by atoms with Crippen LogP contribution >= 0.6 is 0 Å². The number of rotatable bonds is 5. The van der Waals surface area contributed by atoms with E-state index in [4.69, 9.17) is 4.89 Å². The molecule has 1 aromatic rings. The molecule has 26 heavy (non-hydrogen) atoms. The van der Waals surface area contributed by atoms with Gasteiger partial charge in [-0.05, 0) is 31.6 Å². The summed E-state index contributed by atoms with van der Waals surface area (Å²) < 4.78 is 41.6. The fraction of sp³-hybridized carbons (Fsp3) is 0.312. The van der Waals surface area contributed by atoms with Gasteiger partial charge in [-0.1, -0.05) is 18.2 Å². The van der Waals surface area contributed by atoms with Crippen molar-refractivity contribution in [2.45, 2.75) is 32.2 Å². The maximum atomic E-state index is 12.5. The molecule has 140 valence electrons. The Morgan fingerprint density at radius 3 is 2.42 bits per heavy atom. The minimum Gasteiger partial charge on any atom is -0.281 e. The molecule has 0 aromatic heterocycles. The number of carbonyl (C=O) groups excluding carboxylic acids is 1. The largest absolute Gasteiger partial charge is 0.523 e. The Kier molecular flexibility index (Phi) is 5.36. The maximum Gasteiger partial charge on any atom is 0.523 e. The van der Waals surface area contributed by atoms with Gasteiger partial charge < -0.3 is 0 Å². The molecule has 1 unspecified atom stereocenters. The summed E-state index contributed by atoms with van der Waals surface area (Å²) in [5, 5.41) is 11.2. The summed E-state index contributed by atoms with van der Waals surface area (Å²) in [6.07, 6.45) is -4.65. The molecule has 1 aliphatic rings. The van der Waals surface area contributed by atoms with Crippen molar-refractivity contribution in [1.29, 1.82) is 0 Å². The van der Waals surface area contributed by atoms with Crippen molar-refractivity contribution in [1.82, 2.24) is 0 Å². The van der Waals surface area contributed by atoms with Crippen LogP contribution in [0.4, 0.5) is 13.2 Å². The minimum absolute atomic E-state index is 0.0619. The number of nitrogens with zero attached hydrogens (tertiary/aromatic N) is 1. The predicted octanol–water partition coefficient (Wildman–Crippen LogP) is 3.91. The summed E-state index contributed by atoms with van der Waals surface area (Å²) in [6.45, 7) is 2.38. The summed E-state index contributed by atoms with van der Waals surface area (Å²) in [6, 6.07) is 7.69. The standard InChI is InChI=1S/C16H14F3NO6/c1-10-8-15(2,26-16(17,18)19)9-12(20(22)23)13(10)24-25-14(21)11-6-4-3-5-7-11/h3-7,9H,8H2,1-2H3. The Morgan fingerprint density at radius 2 is 1.88 bits per heavy atom. The quantitative estimate of drug-likeness (QED) is 0.442. The highest BCUT2D eigenvalue weighted by atomic mass is 19.4. The molecular formula is C16H14F3NO6. The first-order valence-electron chi connectivity index (χ1n) is 7.29. The Hall–Kier alpha value is -2.88. The van der Waals surface area contributed by atoms with Gasteiger partial charge in [0.2, 0.25) is 0 Å². The van der Waals surface area contributed by atoms with E-state index in [1.54, 1.807) is 18.2 Å². The molecule has 1 atom stereocenters. The Bertz CT molecular complexity index is 772. The summed E-state index contributed by atoms with van der Waals surface area (Å²) >= 11 is 0. The average molecular weight is 373 g/mol. The van der Waals surface area contributed by atoms with Crippen LogP contribution in [0.25, 0.3) is 0 Å². The van der Waals surface area contributed by atoms with Gasteiger partial charge in [-0.25, -0.2) is 9.68 Å². The van der Waals surface area contributed by atoms with Gasteiger partial charge in [0.15, 0.2) is 0 Å². The lowest BCUT2D eigenvalue weighted by Gasteiger charge is -2.30. The monoisotopic (exact) mass is 373 g/mol. The number of nitro groups is 1. The topological polar surface area (TPSA) is 87.9 Å². The van der Waals surface area contributed by atoms with Crippen LogP contribution in [0.2, 0.25) is 0 Å². The maximum absolute atomic E-state index is 12.5. The van der Waals surface area contributed by atoms with Crippen LogP contribution in [0.1, 0.15) is 30.6 Å². The van der Waals surface area contributed by atoms with Gasteiger partial charge in [0.05, 0.1) is 10.5 Å². The van der Waals surface area contributed by atoms with Crippen molar-refractivity contribution in [3.8, 4) is 0 Å². The van der Waals surface area contributed by atoms with E-state index in [0.29, 0.717) is 6.08 Å². The third-order valence-corrected chi connectivity index (χ3v) is 3.43. The second-order valence-electron chi connectivity index (χ2n) is 5.75. The third-order valence-electron chi connectivity index (χ3n) is 3.43. The van der Waals surface area contributed by atoms with E-state index in [1.165, 1.54) is 19.1 Å². The minimum atomic E-state index is -4.98. The van der Waals surface area contributed by atoms with Crippen molar-refractivity contribution < 1.29 is 37.4 Å². The molecule has 0 aliphatic heterocycles. The first kappa shape index (κ1) is 19.4. The summed E-state index contributed by atoms with van der Waals surface area (Å²) in [5.41, 5.74) is -2.58. The first-order chi connectivity index (χ1) is 12.0. The smallest absolute Gasteiger partial charge is 0.281 e. The number of alkyl halides is 3. The number of hydrogen-bond donors (Lipinski definition) is 0. The van der Waals surface area contributed by atoms with E-state index < -0.39 is 34.3 Å². The molecule has 1 aromatic carbocycles. The second-order valence-corrected chi connectivity index (χ2v) is 5.75. The molecule has 0 bridgehead atoms. The van der Waals surface area contributed by atoms with Crippen molar-refractivity contribution in [3.63, 3.8) is 0 Å². The molecule has 0 radical (unpaired) electrons. The van der Waals surface area contributed by atoms with Gasteiger partial charge in [-0.3, -0.25) is 19.7 Å². The second kappa shape index (κ2) is 7.16. The molecule has 1 aliphatic carbocycles. The van der Waals surface area contributed by atoms with E-state index >= 15 is 0 Å². The third kappa shape index (κ3) is 4.82. The van der Waals surface area contributed by atoms with Gasteiger partial charge in [0, 0.05) is 12.5 Å². The van der Waals surface area contributed by atoms with Crippen LogP contribution in [-0.4, -0.2) is 22.9 Å². The molecule has 10 heteroatoms. The lowest BCUT2D eigenvalue weighted by Crippen LogP contribution is -2.37. The number of carbonyl (C=O) groups is 1. The van der Waals surface area contributed by atoms with Gasteiger partial charge in [-0.2, -0.15) is 0 Å². The van der Waals surface area contributed by atoms with Crippen LogP contribution in [0.5, 0.6) is 0 Å². The number of hydrogen-bond acceptors (Lipinski definition) is 6. The lowest BCUT2D eigenvalue weighted by atomic mass is 9.89. The summed E-state index contributed by atoms with van der Waals surface area (Å²) in [7, 11) is 0. The zero-order valence-electron chi connectivity index (χ0n) is 13.7. The summed E-state index contributed by atoms with van der Waals surface area (Å²) in [4.78, 5) is 31.5. The molecule has 0 amide bonds. The molecule has 7 nitrogen and oxygen atoms in total. The molecule has 0 saturated heterocycles. The van der Waals surface area contributed by atoms with Crippen LogP contribution in [0.15, 0.2) is 53.4 Å². The number of ether oxygens (including phenoxy) is 1. The summed E-state index contributed by atoms with van der Waals surface area (Å²) in [5.74, 6) is -1.35. The van der Waals surface area contributed by atoms with Crippen LogP contribution in [0.3, 0.4) is 0 Å². The van der Waals surface area contributed by atoms with Crippen molar-refractivity contribution in [3.05, 3.63) is 69.1 Å². The van der Waals surface area contributed by atoms with Crippen LogP contribution in [-0.2, 0) is 14.5 Å². The van der Waals surface area contributed by atoms with Crippen molar-refractivity contribution in [2.75, 3.05) is 0 Å². The van der Waals surface area contributed by atoms with Crippen LogP contribution in [0, 0.1) is 10.1 Å². The number of benzene rings is 1. The van der Waals surface area contributed by atoms with E-state index in [-0.39, 0.29) is 17.6 Å². The fourth-order valence-corrected chi connectivity index (χ4v) is 2.51. The lowest BCUT2D eigenvalue weighted by molar-refractivity contribution is -0.432. The van der Waals surface area contributed by atoms with Gasteiger partial charge in [-0.15, -0.1) is 13.2 Å². The molecule has 2 rings (SSSR count). The molecular weight excluding hydrogens is 359 g/mol.